The Morgan fingerprint density at radius 2 is 1.97 bits per heavy atom. The molecule has 32 heavy (non-hydrogen) atoms. The molecule has 10 heteroatoms. The molecule has 0 radical (unpaired) electrons. The fourth-order valence-corrected chi connectivity index (χ4v) is 4.68. The van der Waals surface area contributed by atoms with Crippen molar-refractivity contribution in [3.8, 4) is 23.3 Å². The molecule has 0 amide bonds. The topological polar surface area (TPSA) is 108 Å². The summed E-state index contributed by atoms with van der Waals surface area (Å²) < 4.78 is 47.0. The maximum atomic E-state index is 13.3. The van der Waals surface area contributed by atoms with Crippen LogP contribution in [-0.4, -0.2) is 37.6 Å². The minimum absolute atomic E-state index is 0.00352. The summed E-state index contributed by atoms with van der Waals surface area (Å²) in [7, 11) is -1.23. The van der Waals surface area contributed by atoms with Crippen molar-refractivity contribution in [1.29, 1.82) is 0 Å². The molecule has 2 aromatic heterocycles. The second-order valence-electron chi connectivity index (χ2n) is 6.72. The summed E-state index contributed by atoms with van der Waals surface area (Å²) >= 11 is 0. The van der Waals surface area contributed by atoms with E-state index in [1.54, 1.807) is 48.1 Å². The summed E-state index contributed by atoms with van der Waals surface area (Å²) in [6.07, 6.45) is 3.52. The smallest absolute Gasteiger partial charge is 0.268 e. The second kappa shape index (κ2) is 8.64. The van der Waals surface area contributed by atoms with Gasteiger partial charge in [-0.05, 0) is 42.8 Å². The Kier molecular flexibility index (Phi) is 5.75. The Bertz CT molecular complexity index is 1430. The van der Waals surface area contributed by atoms with E-state index >= 15 is 0 Å². The average molecular weight is 452 g/mol. The van der Waals surface area contributed by atoms with E-state index in [0.717, 1.165) is 5.56 Å². The van der Waals surface area contributed by atoms with Crippen molar-refractivity contribution in [3.05, 3.63) is 59.9 Å². The lowest BCUT2D eigenvalue weighted by molar-refractivity contribution is 0.402. The van der Waals surface area contributed by atoms with Gasteiger partial charge in [-0.3, -0.25) is 9.40 Å². The molecule has 9 nitrogen and oxygen atoms in total. The number of ether oxygens (including phenoxy) is 2. The second-order valence-corrected chi connectivity index (χ2v) is 8.34. The van der Waals surface area contributed by atoms with Crippen molar-refractivity contribution in [1.82, 2.24) is 14.9 Å². The lowest BCUT2D eigenvalue weighted by atomic mass is 10.1. The molecular formula is C22H20N4O5S. The van der Waals surface area contributed by atoms with Crippen LogP contribution in [0.25, 0.3) is 11.0 Å². The first kappa shape index (κ1) is 21.3. The van der Waals surface area contributed by atoms with Crippen molar-refractivity contribution in [2.24, 2.45) is 0 Å². The van der Waals surface area contributed by atoms with Gasteiger partial charge in [-0.15, -0.1) is 5.92 Å². The van der Waals surface area contributed by atoms with Crippen molar-refractivity contribution < 1.29 is 22.4 Å². The maximum Gasteiger partial charge on any atom is 0.268 e. The first-order valence-corrected chi connectivity index (χ1v) is 11.0. The predicted octanol–water partition coefficient (Wildman–Crippen LogP) is 3.26. The van der Waals surface area contributed by atoms with Crippen LogP contribution >= 0.6 is 0 Å². The van der Waals surface area contributed by atoms with Gasteiger partial charge in [0.15, 0.2) is 11.4 Å². The lowest BCUT2D eigenvalue weighted by Crippen LogP contribution is -2.16. The van der Waals surface area contributed by atoms with Crippen LogP contribution in [0.3, 0.4) is 0 Å². The Labute approximate surface area is 185 Å². The number of nitrogens with zero attached hydrogens (tertiary/aromatic N) is 3. The van der Waals surface area contributed by atoms with Gasteiger partial charge in [0.2, 0.25) is 0 Å². The molecule has 0 saturated heterocycles. The Balaban J connectivity index is 1.77. The molecule has 4 aromatic rings. The van der Waals surface area contributed by atoms with Gasteiger partial charge in [0.25, 0.3) is 10.0 Å². The monoisotopic (exact) mass is 452 g/mol. The van der Waals surface area contributed by atoms with Gasteiger partial charge in [-0.2, -0.15) is 5.10 Å². The summed E-state index contributed by atoms with van der Waals surface area (Å²) in [5.41, 5.74) is 1.53. The van der Waals surface area contributed by atoms with E-state index in [-0.39, 0.29) is 16.5 Å². The molecular weight excluding hydrogens is 432 g/mol. The van der Waals surface area contributed by atoms with E-state index in [4.69, 9.17) is 14.0 Å². The van der Waals surface area contributed by atoms with Crippen LogP contribution in [0.4, 0.5) is 5.82 Å². The average Bonchev–Trinajstić information content (AvgIpc) is 3.43. The van der Waals surface area contributed by atoms with E-state index in [1.807, 2.05) is 12.3 Å². The number of rotatable bonds is 7. The maximum absolute atomic E-state index is 13.3. The van der Waals surface area contributed by atoms with E-state index in [1.165, 1.54) is 14.2 Å². The van der Waals surface area contributed by atoms with Crippen LogP contribution in [0.1, 0.15) is 18.1 Å². The van der Waals surface area contributed by atoms with Gasteiger partial charge in [0.05, 0.1) is 20.8 Å². The van der Waals surface area contributed by atoms with Crippen molar-refractivity contribution in [2.75, 3.05) is 18.9 Å². The summed E-state index contributed by atoms with van der Waals surface area (Å²) in [4.78, 5) is -0.0812. The van der Waals surface area contributed by atoms with E-state index in [0.29, 0.717) is 28.8 Å². The molecule has 164 valence electrons. The van der Waals surface area contributed by atoms with Gasteiger partial charge >= 0.3 is 0 Å². The predicted molar refractivity (Wildman–Crippen MR) is 118 cm³/mol. The summed E-state index contributed by atoms with van der Waals surface area (Å²) in [6.45, 7) is 2.11. The SMILES string of the molecule is CC#Cc1cccc(OC)c1S(=O)(=O)Nc1noc2cc(Cn3cccn3)cc(OC)c12. The lowest BCUT2D eigenvalue weighted by Gasteiger charge is -2.12. The molecule has 0 saturated carbocycles. The molecule has 0 atom stereocenters. The van der Waals surface area contributed by atoms with Crippen molar-refractivity contribution >= 4 is 26.8 Å². The molecule has 0 aliphatic heterocycles. The highest BCUT2D eigenvalue weighted by atomic mass is 32.2. The van der Waals surface area contributed by atoms with Crippen molar-refractivity contribution in [3.63, 3.8) is 0 Å². The van der Waals surface area contributed by atoms with Crippen LogP contribution in [0.2, 0.25) is 0 Å². The standard InChI is InChI=1S/C22H20N4O5S/c1-4-7-16-8-5-9-17(29-2)21(16)32(27,28)25-22-20-18(30-3)12-15(13-19(20)31-24-22)14-26-11-6-10-23-26/h5-6,8-13H,14H2,1-3H3,(H,24,25). The minimum atomic E-state index is -4.12. The molecule has 0 fully saturated rings. The van der Waals surface area contributed by atoms with Crippen LogP contribution in [0, 0.1) is 11.8 Å². The summed E-state index contributed by atoms with van der Waals surface area (Å²) in [5.74, 6) is 6.10. The molecule has 4 rings (SSSR count). The van der Waals surface area contributed by atoms with Crippen LogP contribution in [-0.2, 0) is 16.6 Å². The highest BCUT2D eigenvalue weighted by Crippen LogP contribution is 2.36. The molecule has 2 heterocycles. The van der Waals surface area contributed by atoms with E-state index in [2.05, 4.69) is 26.8 Å². The number of fused-ring (bicyclic) bond motifs is 1. The Morgan fingerprint density at radius 3 is 2.66 bits per heavy atom. The van der Waals surface area contributed by atoms with Gasteiger partial charge < -0.3 is 14.0 Å². The molecule has 1 N–H and O–H groups in total. The fourth-order valence-electron chi connectivity index (χ4n) is 3.36. The number of sulfonamides is 1. The Hall–Kier alpha value is -3.97. The zero-order chi connectivity index (χ0) is 22.7. The quantitative estimate of drug-likeness (QED) is 0.429. The number of benzene rings is 2. The van der Waals surface area contributed by atoms with E-state index < -0.39 is 10.0 Å². The van der Waals surface area contributed by atoms with Crippen LogP contribution in [0.15, 0.2) is 58.2 Å². The van der Waals surface area contributed by atoms with Gasteiger partial charge in [-0.25, -0.2) is 8.42 Å². The van der Waals surface area contributed by atoms with Gasteiger partial charge in [0, 0.05) is 18.0 Å². The van der Waals surface area contributed by atoms with Crippen LogP contribution < -0.4 is 14.2 Å². The minimum Gasteiger partial charge on any atom is -0.496 e. The van der Waals surface area contributed by atoms with Gasteiger partial charge in [-0.1, -0.05) is 17.1 Å². The molecule has 0 bridgehead atoms. The number of methoxy groups -OCH3 is 2. The third kappa shape index (κ3) is 3.98. The zero-order valence-corrected chi connectivity index (χ0v) is 18.4. The first-order valence-electron chi connectivity index (χ1n) is 9.53. The molecule has 0 aliphatic carbocycles. The van der Waals surface area contributed by atoms with E-state index in [9.17, 15) is 8.42 Å². The molecule has 0 unspecified atom stereocenters. The Morgan fingerprint density at radius 1 is 1.16 bits per heavy atom. The largest absolute Gasteiger partial charge is 0.496 e. The van der Waals surface area contributed by atoms with Gasteiger partial charge in [0.1, 0.15) is 21.8 Å². The zero-order valence-electron chi connectivity index (χ0n) is 17.6. The van der Waals surface area contributed by atoms with Crippen molar-refractivity contribution in [2.45, 2.75) is 18.4 Å². The third-order valence-electron chi connectivity index (χ3n) is 4.68. The van der Waals surface area contributed by atoms with Crippen LogP contribution in [0.5, 0.6) is 11.5 Å². The fraction of sp³-hybridized carbons (Fsp3) is 0.182. The molecule has 2 aromatic carbocycles. The number of hydrogen-bond donors (Lipinski definition) is 1. The number of aromatic nitrogens is 3. The molecule has 0 spiro atoms. The molecule has 0 aliphatic rings. The summed E-state index contributed by atoms with van der Waals surface area (Å²) in [5, 5.41) is 8.53. The summed E-state index contributed by atoms with van der Waals surface area (Å²) in [6, 6.07) is 10.2. The highest BCUT2D eigenvalue weighted by molar-refractivity contribution is 7.93. The first-order chi connectivity index (χ1) is 15.5. The third-order valence-corrected chi connectivity index (χ3v) is 6.10. The normalized spacial score (nSPS) is 11.1. The number of nitrogens with one attached hydrogen (secondary N) is 1. The number of hydrogen-bond acceptors (Lipinski definition) is 7. The number of anilines is 1. The highest BCUT2D eigenvalue weighted by Gasteiger charge is 2.27.